The fourth-order valence-electron chi connectivity index (χ4n) is 4.01. The highest BCUT2D eigenvalue weighted by Gasteiger charge is 2.37. The van der Waals surface area contributed by atoms with Crippen LogP contribution >= 0.6 is 11.3 Å². The van der Waals surface area contributed by atoms with Crippen LogP contribution in [0, 0.1) is 25.2 Å². The molecule has 2 heterocycles. The number of carbonyl (C=O) groups is 3. The van der Waals surface area contributed by atoms with E-state index in [4.69, 9.17) is 0 Å². The Balaban J connectivity index is 1.47. The summed E-state index contributed by atoms with van der Waals surface area (Å²) in [7, 11) is 0. The maximum absolute atomic E-state index is 12.8. The molecule has 1 aliphatic heterocycles. The lowest BCUT2D eigenvalue weighted by atomic mass is 9.78. The summed E-state index contributed by atoms with van der Waals surface area (Å²) in [6, 6.07) is 5.89. The minimum atomic E-state index is -0.433. The van der Waals surface area contributed by atoms with Gasteiger partial charge in [0.15, 0.2) is 10.9 Å². The summed E-state index contributed by atoms with van der Waals surface area (Å²) in [5.41, 5.74) is 3.77. The van der Waals surface area contributed by atoms with Gasteiger partial charge in [-0.2, -0.15) is 0 Å². The number of nitrogens with one attached hydrogen (secondary N) is 1. The van der Waals surface area contributed by atoms with Gasteiger partial charge in [-0.15, -0.1) is 0 Å². The highest BCUT2D eigenvalue weighted by atomic mass is 32.1. The van der Waals surface area contributed by atoms with E-state index in [-0.39, 0.29) is 29.4 Å². The van der Waals surface area contributed by atoms with Crippen LogP contribution in [0.1, 0.15) is 53.2 Å². The molecule has 1 aromatic carbocycles. The zero-order chi connectivity index (χ0) is 20.9. The first-order valence-electron chi connectivity index (χ1n) is 9.84. The number of aromatic nitrogens is 1. The molecule has 0 saturated carbocycles. The number of thiazole rings is 1. The van der Waals surface area contributed by atoms with Crippen molar-refractivity contribution in [2.75, 3.05) is 16.8 Å². The van der Waals surface area contributed by atoms with Gasteiger partial charge in [0.05, 0.1) is 16.5 Å². The summed E-state index contributed by atoms with van der Waals surface area (Å²) >= 11 is 1.24. The molecule has 0 bridgehead atoms. The molecule has 2 aliphatic rings. The fourth-order valence-corrected chi connectivity index (χ4v) is 4.93. The average molecular weight is 412 g/mol. The summed E-state index contributed by atoms with van der Waals surface area (Å²) in [4.78, 5) is 44.4. The summed E-state index contributed by atoms with van der Waals surface area (Å²) in [6.07, 6.45) is 1.40. The summed E-state index contributed by atoms with van der Waals surface area (Å²) in [6.45, 7) is 8.50. The Morgan fingerprint density at radius 1 is 1.21 bits per heavy atom. The second-order valence-corrected chi connectivity index (χ2v) is 9.90. The van der Waals surface area contributed by atoms with Gasteiger partial charge in [0.25, 0.3) is 0 Å². The molecule has 1 atom stereocenters. The number of carbonyl (C=O) groups excluding carboxylic acids is 3. The maximum Gasteiger partial charge on any atom is 0.231 e. The van der Waals surface area contributed by atoms with Crippen molar-refractivity contribution in [3.05, 3.63) is 39.9 Å². The predicted octanol–water partition coefficient (Wildman–Crippen LogP) is 3.91. The molecule has 152 valence electrons. The zero-order valence-electron chi connectivity index (χ0n) is 17.2. The molecule has 4 rings (SSSR count). The van der Waals surface area contributed by atoms with Crippen LogP contribution in [0.25, 0.3) is 0 Å². The van der Waals surface area contributed by atoms with E-state index < -0.39 is 5.92 Å². The van der Waals surface area contributed by atoms with E-state index in [9.17, 15) is 14.4 Å². The van der Waals surface area contributed by atoms with Gasteiger partial charge in [-0.05, 0) is 48.9 Å². The van der Waals surface area contributed by atoms with Gasteiger partial charge in [0.1, 0.15) is 0 Å². The minimum Gasteiger partial charge on any atom is -0.312 e. The van der Waals surface area contributed by atoms with Crippen molar-refractivity contribution < 1.29 is 14.4 Å². The van der Waals surface area contributed by atoms with Crippen molar-refractivity contribution in [3.63, 3.8) is 0 Å². The standard InChI is InChI=1S/C22H25N3O3S/c1-12-5-6-15(7-13(12)2)25-11-14(8-18(25)27)20(28)24-21-23-16-9-22(3,4)10-17(26)19(16)29-21/h5-7,14H,8-11H2,1-4H3,(H,23,24,28)/t14-/m0/s1. The number of hydrogen-bond donors (Lipinski definition) is 1. The predicted molar refractivity (Wildman–Crippen MR) is 114 cm³/mol. The van der Waals surface area contributed by atoms with Crippen molar-refractivity contribution in [2.45, 2.75) is 47.0 Å². The Kier molecular flexibility index (Phi) is 4.81. The van der Waals surface area contributed by atoms with E-state index in [1.807, 2.05) is 32.0 Å². The van der Waals surface area contributed by atoms with Crippen LogP contribution in [0.4, 0.5) is 10.8 Å². The highest BCUT2D eigenvalue weighted by molar-refractivity contribution is 7.17. The second-order valence-electron chi connectivity index (χ2n) is 8.90. The molecule has 1 aliphatic carbocycles. The quantitative estimate of drug-likeness (QED) is 0.831. The monoisotopic (exact) mass is 411 g/mol. The Morgan fingerprint density at radius 2 is 1.97 bits per heavy atom. The molecular formula is C22H25N3O3S. The van der Waals surface area contributed by atoms with Gasteiger partial charge in [-0.1, -0.05) is 31.3 Å². The molecule has 1 N–H and O–H groups in total. The lowest BCUT2D eigenvalue weighted by Gasteiger charge is -2.26. The van der Waals surface area contributed by atoms with Crippen molar-refractivity contribution in [3.8, 4) is 0 Å². The van der Waals surface area contributed by atoms with E-state index in [1.54, 1.807) is 4.90 Å². The fraction of sp³-hybridized carbons (Fsp3) is 0.455. The first-order chi connectivity index (χ1) is 13.6. The van der Waals surface area contributed by atoms with Gasteiger partial charge in [0, 0.05) is 25.1 Å². The second kappa shape index (κ2) is 7.06. The SMILES string of the molecule is Cc1ccc(N2C[C@@H](C(=O)Nc3nc4c(s3)C(=O)CC(C)(C)C4)CC2=O)cc1C. The van der Waals surface area contributed by atoms with Gasteiger partial charge in [-0.3, -0.25) is 14.4 Å². The largest absolute Gasteiger partial charge is 0.312 e. The molecule has 2 aromatic rings. The summed E-state index contributed by atoms with van der Waals surface area (Å²) < 4.78 is 0. The Labute approximate surface area is 174 Å². The first-order valence-corrected chi connectivity index (χ1v) is 10.7. The van der Waals surface area contributed by atoms with Crippen LogP contribution in [-0.4, -0.2) is 29.1 Å². The minimum absolute atomic E-state index is 0.0521. The van der Waals surface area contributed by atoms with Crippen LogP contribution in [-0.2, 0) is 16.0 Å². The van der Waals surface area contributed by atoms with Gasteiger partial charge in [-0.25, -0.2) is 4.98 Å². The third kappa shape index (κ3) is 3.83. The molecule has 1 fully saturated rings. The number of ketones is 1. The van der Waals surface area contributed by atoms with Crippen molar-refractivity contribution in [1.82, 2.24) is 4.98 Å². The van der Waals surface area contributed by atoms with Crippen LogP contribution in [0.2, 0.25) is 0 Å². The maximum atomic E-state index is 12.8. The Bertz CT molecular complexity index is 1020. The van der Waals surface area contributed by atoms with Gasteiger partial charge >= 0.3 is 0 Å². The zero-order valence-corrected chi connectivity index (χ0v) is 18.0. The van der Waals surface area contributed by atoms with Crippen LogP contribution in [0.5, 0.6) is 0 Å². The van der Waals surface area contributed by atoms with E-state index in [0.29, 0.717) is 23.0 Å². The number of anilines is 2. The Hall–Kier alpha value is -2.54. The number of aryl methyl sites for hydroxylation is 2. The molecule has 0 radical (unpaired) electrons. The lowest BCUT2D eigenvalue weighted by Crippen LogP contribution is -2.28. The molecule has 6 nitrogen and oxygen atoms in total. The molecule has 7 heteroatoms. The number of Topliss-reactive ketones (excluding diaryl/α,β-unsaturated/α-hetero) is 1. The topological polar surface area (TPSA) is 79.4 Å². The highest BCUT2D eigenvalue weighted by Crippen LogP contribution is 2.38. The smallest absolute Gasteiger partial charge is 0.231 e. The molecule has 1 saturated heterocycles. The van der Waals surface area contributed by atoms with Gasteiger partial charge in [0.2, 0.25) is 11.8 Å². The summed E-state index contributed by atoms with van der Waals surface area (Å²) in [5.74, 6) is -0.616. The van der Waals surface area contributed by atoms with Crippen LogP contribution in [0.3, 0.4) is 0 Å². The average Bonchev–Trinajstić information content (AvgIpc) is 3.20. The van der Waals surface area contributed by atoms with E-state index in [1.165, 1.54) is 16.9 Å². The van der Waals surface area contributed by atoms with E-state index in [0.717, 1.165) is 23.4 Å². The molecular weight excluding hydrogens is 386 g/mol. The number of rotatable bonds is 3. The van der Waals surface area contributed by atoms with E-state index >= 15 is 0 Å². The number of amides is 2. The van der Waals surface area contributed by atoms with E-state index in [2.05, 4.69) is 24.1 Å². The Morgan fingerprint density at radius 3 is 2.69 bits per heavy atom. The third-order valence-corrected chi connectivity index (χ3v) is 6.82. The normalized spacial score (nSPS) is 20.7. The number of benzene rings is 1. The van der Waals surface area contributed by atoms with Crippen LogP contribution < -0.4 is 10.2 Å². The molecule has 2 amide bonds. The lowest BCUT2D eigenvalue weighted by molar-refractivity contribution is -0.122. The first kappa shape index (κ1) is 19.8. The van der Waals surface area contributed by atoms with Crippen molar-refractivity contribution in [1.29, 1.82) is 0 Å². The van der Waals surface area contributed by atoms with Gasteiger partial charge < -0.3 is 10.2 Å². The van der Waals surface area contributed by atoms with Crippen LogP contribution in [0.15, 0.2) is 18.2 Å². The molecule has 1 aromatic heterocycles. The summed E-state index contributed by atoms with van der Waals surface area (Å²) in [5, 5.41) is 3.29. The molecule has 29 heavy (non-hydrogen) atoms. The van der Waals surface area contributed by atoms with Crippen molar-refractivity contribution in [2.24, 2.45) is 11.3 Å². The number of nitrogens with zero attached hydrogens (tertiary/aromatic N) is 2. The number of fused-ring (bicyclic) bond motifs is 1. The number of hydrogen-bond acceptors (Lipinski definition) is 5. The molecule has 0 unspecified atom stereocenters. The van der Waals surface area contributed by atoms with Crippen molar-refractivity contribution >= 4 is 39.8 Å². The third-order valence-electron chi connectivity index (χ3n) is 5.76. The molecule has 0 spiro atoms.